The minimum atomic E-state index is -1.09. The Morgan fingerprint density at radius 2 is 1.03 bits per heavy atom. The number of hydrogen-bond donors (Lipinski definition) is 0. The van der Waals surface area contributed by atoms with E-state index in [0.717, 1.165) is 83.5 Å². The number of carbonyl (C=O) groups is 3. The minimum Gasteiger partial charge on any atom is -0.462 e. The van der Waals surface area contributed by atoms with E-state index in [1.54, 1.807) is 6.92 Å². The molecule has 0 heterocycles. The van der Waals surface area contributed by atoms with Crippen LogP contribution in [0, 0.1) is 10.8 Å². The van der Waals surface area contributed by atoms with E-state index in [0.29, 0.717) is 0 Å². The van der Waals surface area contributed by atoms with Crippen molar-refractivity contribution < 1.29 is 28.6 Å². The van der Waals surface area contributed by atoms with Crippen LogP contribution in [0.2, 0.25) is 0 Å². The molecule has 0 bridgehead atoms. The lowest BCUT2D eigenvalue weighted by Gasteiger charge is -2.37. The average Bonchev–Trinajstić information content (AvgIpc) is 2.85. The molecule has 3 aliphatic rings. The summed E-state index contributed by atoms with van der Waals surface area (Å²) >= 11 is 0. The molecule has 0 spiro atoms. The molecule has 3 fully saturated rings. The summed E-state index contributed by atoms with van der Waals surface area (Å²) in [5.74, 6) is -1.10. The van der Waals surface area contributed by atoms with Gasteiger partial charge >= 0.3 is 17.9 Å². The molecule has 0 saturated heterocycles. The zero-order chi connectivity index (χ0) is 26.2. The van der Waals surface area contributed by atoms with E-state index in [4.69, 9.17) is 14.2 Å². The van der Waals surface area contributed by atoms with Crippen molar-refractivity contribution in [2.45, 2.75) is 148 Å². The maximum Gasteiger partial charge on any atom is 0.333 e. The molecule has 1 unspecified atom stereocenters. The molecule has 6 heteroatoms. The summed E-state index contributed by atoms with van der Waals surface area (Å²) in [6.07, 6.45) is 15.2. The van der Waals surface area contributed by atoms with E-state index in [9.17, 15) is 14.4 Å². The molecule has 3 saturated carbocycles. The predicted octanol–water partition coefficient (Wildman–Crippen LogP) is 6.98. The highest BCUT2D eigenvalue weighted by atomic mass is 16.6. The van der Waals surface area contributed by atoms with Crippen LogP contribution < -0.4 is 0 Å². The lowest BCUT2D eigenvalue weighted by Crippen LogP contribution is -2.42. The highest BCUT2D eigenvalue weighted by Gasteiger charge is 2.46. The molecule has 0 aromatic heterocycles. The molecule has 0 aromatic rings. The van der Waals surface area contributed by atoms with Gasteiger partial charge in [0.2, 0.25) is 0 Å². The highest BCUT2D eigenvalue weighted by Crippen LogP contribution is 2.42. The summed E-state index contributed by atoms with van der Waals surface area (Å²) in [5, 5.41) is 0. The van der Waals surface area contributed by atoms with Gasteiger partial charge in [0.15, 0.2) is 0 Å². The Balaban J connectivity index is 1.70. The first-order chi connectivity index (χ1) is 17.1. The van der Waals surface area contributed by atoms with Crippen LogP contribution in [0.25, 0.3) is 0 Å². The van der Waals surface area contributed by atoms with Crippen LogP contribution in [-0.4, -0.2) is 36.2 Å². The Bertz CT molecular complexity index is 768. The Kier molecular flexibility index (Phi) is 10.4. The standard InChI is InChI=1S/C30H48O6/c1-22(26(31)34-23-14-8-5-9-15-23)20-30(4,28(33)36-25-18-12-7-13-19-25)21-29(2,3)27(32)35-24-16-10-6-11-17-24/h23-25H,1,5-21H2,2-4H3. The molecule has 3 aliphatic carbocycles. The third-order valence-electron chi connectivity index (χ3n) is 8.25. The topological polar surface area (TPSA) is 78.9 Å². The van der Waals surface area contributed by atoms with Crippen LogP contribution >= 0.6 is 0 Å². The van der Waals surface area contributed by atoms with Crippen molar-refractivity contribution in [2.24, 2.45) is 10.8 Å². The number of ether oxygens (including phenoxy) is 3. The van der Waals surface area contributed by atoms with Crippen LogP contribution in [0.15, 0.2) is 12.2 Å². The first-order valence-corrected chi connectivity index (χ1v) is 14.4. The Hall–Kier alpha value is -1.85. The van der Waals surface area contributed by atoms with E-state index in [1.165, 1.54) is 12.8 Å². The third kappa shape index (κ3) is 8.34. The number of esters is 3. The summed E-state index contributed by atoms with van der Waals surface area (Å²) in [7, 11) is 0. The van der Waals surface area contributed by atoms with Gasteiger partial charge in [-0.25, -0.2) is 4.79 Å². The smallest absolute Gasteiger partial charge is 0.333 e. The SMILES string of the molecule is C=C(CC(C)(CC(C)(C)C(=O)OC1CCCCC1)C(=O)OC1CCCCC1)C(=O)OC1CCCCC1. The fourth-order valence-electron chi connectivity index (χ4n) is 6.19. The van der Waals surface area contributed by atoms with E-state index in [-0.39, 0.29) is 48.7 Å². The second-order valence-corrected chi connectivity index (χ2v) is 12.4. The van der Waals surface area contributed by atoms with E-state index in [2.05, 4.69) is 6.58 Å². The Morgan fingerprint density at radius 1 is 0.639 bits per heavy atom. The predicted molar refractivity (Wildman–Crippen MR) is 139 cm³/mol. The van der Waals surface area contributed by atoms with Gasteiger partial charge in [0.05, 0.1) is 10.8 Å². The summed E-state index contributed by atoms with van der Waals surface area (Å²) in [6, 6.07) is 0. The number of carbonyl (C=O) groups excluding carboxylic acids is 3. The highest BCUT2D eigenvalue weighted by molar-refractivity contribution is 5.90. The largest absolute Gasteiger partial charge is 0.462 e. The second kappa shape index (κ2) is 13.1. The van der Waals surface area contributed by atoms with Crippen LogP contribution in [0.1, 0.15) is 130 Å². The van der Waals surface area contributed by atoms with Crippen molar-refractivity contribution in [2.75, 3.05) is 0 Å². The van der Waals surface area contributed by atoms with E-state index in [1.807, 2.05) is 13.8 Å². The summed E-state index contributed by atoms with van der Waals surface area (Å²) in [4.78, 5) is 39.7. The van der Waals surface area contributed by atoms with Crippen LogP contribution in [0.5, 0.6) is 0 Å². The molecule has 0 radical (unpaired) electrons. The molecular weight excluding hydrogens is 456 g/mol. The van der Waals surface area contributed by atoms with Gasteiger partial charge in [-0.15, -0.1) is 0 Å². The molecule has 0 aliphatic heterocycles. The maximum atomic E-state index is 13.6. The summed E-state index contributed by atoms with van der Waals surface area (Å²) in [6.45, 7) is 9.46. The molecule has 6 nitrogen and oxygen atoms in total. The molecule has 204 valence electrons. The van der Waals surface area contributed by atoms with Crippen molar-refractivity contribution in [3.63, 3.8) is 0 Å². The fourth-order valence-corrected chi connectivity index (χ4v) is 6.19. The van der Waals surface area contributed by atoms with E-state index < -0.39 is 16.8 Å². The average molecular weight is 505 g/mol. The van der Waals surface area contributed by atoms with Gasteiger partial charge in [-0.05, 0) is 111 Å². The molecule has 0 amide bonds. The van der Waals surface area contributed by atoms with E-state index >= 15 is 0 Å². The number of rotatable bonds is 10. The van der Waals surface area contributed by atoms with Crippen LogP contribution in [0.3, 0.4) is 0 Å². The quantitative estimate of drug-likeness (QED) is 0.181. The molecule has 0 aromatic carbocycles. The Labute approximate surface area is 217 Å². The normalized spacial score (nSPS) is 22.3. The zero-order valence-electron chi connectivity index (χ0n) is 22.9. The third-order valence-corrected chi connectivity index (χ3v) is 8.25. The van der Waals surface area contributed by atoms with Crippen LogP contribution in [0.4, 0.5) is 0 Å². The van der Waals surface area contributed by atoms with Crippen molar-refractivity contribution in [1.82, 2.24) is 0 Å². The van der Waals surface area contributed by atoms with Gasteiger partial charge in [-0.1, -0.05) is 25.8 Å². The maximum absolute atomic E-state index is 13.6. The van der Waals surface area contributed by atoms with Gasteiger partial charge in [-0.2, -0.15) is 0 Å². The van der Waals surface area contributed by atoms with Gasteiger partial charge in [0.25, 0.3) is 0 Å². The van der Waals surface area contributed by atoms with Crippen LogP contribution in [-0.2, 0) is 28.6 Å². The lowest BCUT2D eigenvalue weighted by atomic mass is 9.70. The minimum absolute atomic E-state index is 0.0496. The monoisotopic (exact) mass is 504 g/mol. The summed E-state index contributed by atoms with van der Waals surface area (Å²) < 4.78 is 17.6. The van der Waals surface area contributed by atoms with Gasteiger partial charge in [-0.3, -0.25) is 9.59 Å². The van der Waals surface area contributed by atoms with Gasteiger partial charge in [0.1, 0.15) is 18.3 Å². The summed E-state index contributed by atoms with van der Waals surface area (Å²) in [5.41, 5.74) is -1.74. The lowest BCUT2D eigenvalue weighted by molar-refractivity contribution is -0.170. The molecule has 3 rings (SSSR count). The first kappa shape index (κ1) is 28.7. The second-order valence-electron chi connectivity index (χ2n) is 12.4. The molecule has 1 atom stereocenters. The first-order valence-electron chi connectivity index (χ1n) is 14.4. The number of hydrogen-bond acceptors (Lipinski definition) is 6. The fraction of sp³-hybridized carbons (Fsp3) is 0.833. The van der Waals surface area contributed by atoms with Crippen molar-refractivity contribution in [3.05, 3.63) is 12.2 Å². The Morgan fingerprint density at radius 3 is 1.47 bits per heavy atom. The molecular formula is C30H48O6. The molecule has 0 N–H and O–H groups in total. The van der Waals surface area contributed by atoms with Gasteiger partial charge in [0, 0.05) is 5.57 Å². The van der Waals surface area contributed by atoms with Crippen molar-refractivity contribution >= 4 is 17.9 Å². The zero-order valence-corrected chi connectivity index (χ0v) is 22.9. The molecule has 36 heavy (non-hydrogen) atoms. The van der Waals surface area contributed by atoms with Crippen molar-refractivity contribution in [3.8, 4) is 0 Å². The van der Waals surface area contributed by atoms with Crippen molar-refractivity contribution in [1.29, 1.82) is 0 Å². The van der Waals surface area contributed by atoms with Gasteiger partial charge < -0.3 is 14.2 Å².